The lowest BCUT2D eigenvalue weighted by Gasteiger charge is -2.14. The summed E-state index contributed by atoms with van der Waals surface area (Å²) >= 11 is 0. The second kappa shape index (κ2) is 5.17. The maximum atomic E-state index is 12.4. The Morgan fingerprint density at radius 2 is 1.95 bits per heavy atom. The highest BCUT2D eigenvalue weighted by molar-refractivity contribution is 6.05. The van der Waals surface area contributed by atoms with Crippen molar-refractivity contribution in [1.29, 1.82) is 0 Å². The van der Waals surface area contributed by atoms with Crippen molar-refractivity contribution in [3.63, 3.8) is 0 Å². The zero-order valence-electron chi connectivity index (χ0n) is 11.1. The summed E-state index contributed by atoms with van der Waals surface area (Å²) in [7, 11) is 0. The standard InChI is InChI=1S/C16H15N3O/c1-11(12-6-3-2-4-7-12)18-16(20)14-9-5-8-13-10-17-19-15(13)14/h2-11H,1H3,(H,17,19)(H,18,20)/t11-/m1/s1. The number of fused-ring (bicyclic) bond motifs is 1. The van der Waals surface area contributed by atoms with Gasteiger partial charge in [0.05, 0.1) is 23.3 Å². The monoisotopic (exact) mass is 265 g/mol. The van der Waals surface area contributed by atoms with Crippen molar-refractivity contribution in [1.82, 2.24) is 15.5 Å². The van der Waals surface area contributed by atoms with Gasteiger partial charge in [-0.1, -0.05) is 42.5 Å². The van der Waals surface area contributed by atoms with Gasteiger partial charge < -0.3 is 5.32 Å². The third-order valence-electron chi connectivity index (χ3n) is 3.37. The summed E-state index contributed by atoms with van der Waals surface area (Å²) in [6.45, 7) is 1.97. The number of nitrogens with one attached hydrogen (secondary N) is 2. The van der Waals surface area contributed by atoms with E-state index >= 15 is 0 Å². The minimum absolute atomic E-state index is 0.0399. The van der Waals surface area contributed by atoms with Crippen molar-refractivity contribution in [2.24, 2.45) is 0 Å². The molecule has 0 spiro atoms. The van der Waals surface area contributed by atoms with Crippen molar-refractivity contribution in [3.8, 4) is 0 Å². The number of benzene rings is 2. The molecule has 1 atom stereocenters. The van der Waals surface area contributed by atoms with Crippen LogP contribution in [-0.2, 0) is 0 Å². The first-order chi connectivity index (χ1) is 9.75. The highest BCUT2D eigenvalue weighted by atomic mass is 16.1. The molecule has 0 radical (unpaired) electrons. The van der Waals surface area contributed by atoms with Gasteiger partial charge in [0.25, 0.3) is 5.91 Å². The van der Waals surface area contributed by atoms with Gasteiger partial charge in [0.15, 0.2) is 0 Å². The van der Waals surface area contributed by atoms with E-state index in [4.69, 9.17) is 0 Å². The van der Waals surface area contributed by atoms with E-state index in [9.17, 15) is 4.79 Å². The highest BCUT2D eigenvalue weighted by Crippen LogP contribution is 2.17. The normalized spacial score (nSPS) is 12.2. The van der Waals surface area contributed by atoms with Gasteiger partial charge in [-0.15, -0.1) is 0 Å². The maximum Gasteiger partial charge on any atom is 0.253 e. The molecule has 4 heteroatoms. The van der Waals surface area contributed by atoms with Crippen LogP contribution in [0.15, 0.2) is 54.7 Å². The Kier molecular flexibility index (Phi) is 3.21. The number of aromatic amines is 1. The van der Waals surface area contributed by atoms with Gasteiger partial charge in [-0.3, -0.25) is 9.89 Å². The van der Waals surface area contributed by atoms with Crippen LogP contribution in [0.5, 0.6) is 0 Å². The van der Waals surface area contributed by atoms with Crippen molar-refractivity contribution < 1.29 is 4.79 Å². The minimum atomic E-state index is -0.101. The van der Waals surface area contributed by atoms with Gasteiger partial charge >= 0.3 is 0 Å². The van der Waals surface area contributed by atoms with Crippen LogP contribution in [0.25, 0.3) is 10.9 Å². The van der Waals surface area contributed by atoms with Crippen molar-refractivity contribution in [2.75, 3.05) is 0 Å². The molecule has 20 heavy (non-hydrogen) atoms. The zero-order chi connectivity index (χ0) is 13.9. The van der Waals surface area contributed by atoms with E-state index in [2.05, 4.69) is 15.5 Å². The topological polar surface area (TPSA) is 57.8 Å². The van der Waals surface area contributed by atoms with Crippen LogP contribution < -0.4 is 5.32 Å². The van der Waals surface area contributed by atoms with E-state index in [1.165, 1.54) is 0 Å². The average molecular weight is 265 g/mol. The molecule has 100 valence electrons. The summed E-state index contributed by atoms with van der Waals surface area (Å²) < 4.78 is 0. The lowest BCUT2D eigenvalue weighted by Crippen LogP contribution is -2.26. The van der Waals surface area contributed by atoms with Gasteiger partial charge in [-0.05, 0) is 18.6 Å². The molecule has 0 saturated carbocycles. The molecule has 2 N–H and O–H groups in total. The molecule has 2 aromatic carbocycles. The molecule has 1 aromatic heterocycles. The summed E-state index contributed by atoms with van der Waals surface area (Å²) in [5.41, 5.74) is 2.46. The second-order valence-electron chi connectivity index (χ2n) is 4.75. The summed E-state index contributed by atoms with van der Waals surface area (Å²) in [6.07, 6.45) is 1.72. The fraction of sp³-hybridized carbons (Fsp3) is 0.125. The van der Waals surface area contributed by atoms with Crippen LogP contribution in [0.4, 0.5) is 0 Å². The second-order valence-corrected chi connectivity index (χ2v) is 4.75. The maximum absolute atomic E-state index is 12.4. The van der Waals surface area contributed by atoms with E-state index in [0.717, 1.165) is 16.5 Å². The summed E-state index contributed by atoms with van der Waals surface area (Å²) in [5, 5.41) is 10.8. The Hall–Kier alpha value is -2.62. The first-order valence-electron chi connectivity index (χ1n) is 6.53. The van der Waals surface area contributed by atoms with Crippen LogP contribution >= 0.6 is 0 Å². The first-order valence-corrected chi connectivity index (χ1v) is 6.53. The van der Waals surface area contributed by atoms with E-state index < -0.39 is 0 Å². The van der Waals surface area contributed by atoms with E-state index in [0.29, 0.717) is 5.56 Å². The SMILES string of the molecule is C[C@@H](NC(=O)c1cccc2cn[nH]c12)c1ccccc1. The van der Waals surface area contributed by atoms with Crippen LogP contribution in [-0.4, -0.2) is 16.1 Å². The molecule has 1 heterocycles. The van der Waals surface area contributed by atoms with E-state index in [-0.39, 0.29) is 11.9 Å². The number of hydrogen-bond acceptors (Lipinski definition) is 2. The Morgan fingerprint density at radius 1 is 1.15 bits per heavy atom. The number of hydrogen-bond donors (Lipinski definition) is 2. The molecule has 0 unspecified atom stereocenters. The zero-order valence-corrected chi connectivity index (χ0v) is 11.1. The summed E-state index contributed by atoms with van der Waals surface area (Å²) in [6, 6.07) is 15.4. The Bertz CT molecular complexity index is 734. The number of nitrogens with zero attached hydrogens (tertiary/aromatic N) is 1. The Morgan fingerprint density at radius 3 is 2.75 bits per heavy atom. The third kappa shape index (κ3) is 2.28. The number of carbonyl (C=O) groups is 1. The number of aromatic nitrogens is 2. The molecule has 1 amide bonds. The van der Waals surface area contributed by atoms with E-state index in [1.54, 1.807) is 12.3 Å². The molecule has 0 aliphatic carbocycles. The quantitative estimate of drug-likeness (QED) is 0.764. The molecule has 0 saturated heterocycles. The number of para-hydroxylation sites is 1. The molecule has 0 fully saturated rings. The number of H-pyrrole nitrogens is 1. The number of rotatable bonds is 3. The van der Waals surface area contributed by atoms with Crippen LogP contribution in [0.3, 0.4) is 0 Å². The Labute approximate surface area is 116 Å². The predicted molar refractivity (Wildman–Crippen MR) is 78.4 cm³/mol. The van der Waals surface area contributed by atoms with Crippen molar-refractivity contribution in [3.05, 3.63) is 65.9 Å². The molecular weight excluding hydrogens is 250 g/mol. The van der Waals surface area contributed by atoms with Gasteiger partial charge in [0.2, 0.25) is 0 Å². The number of amides is 1. The molecule has 0 aliphatic heterocycles. The minimum Gasteiger partial charge on any atom is -0.345 e. The molecule has 3 rings (SSSR count). The molecule has 0 aliphatic rings. The fourth-order valence-electron chi connectivity index (χ4n) is 2.26. The largest absolute Gasteiger partial charge is 0.345 e. The lowest BCUT2D eigenvalue weighted by molar-refractivity contribution is 0.0941. The molecule has 4 nitrogen and oxygen atoms in total. The van der Waals surface area contributed by atoms with Crippen LogP contribution in [0.2, 0.25) is 0 Å². The third-order valence-corrected chi connectivity index (χ3v) is 3.37. The van der Waals surface area contributed by atoms with E-state index in [1.807, 2.05) is 49.4 Å². The molecule has 0 bridgehead atoms. The van der Waals surface area contributed by atoms with Crippen LogP contribution in [0, 0.1) is 0 Å². The Balaban J connectivity index is 1.85. The average Bonchev–Trinajstić information content (AvgIpc) is 2.96. The smallest absolute Gasteiger partial charge is 0.253 e. The number of carbonyl (C=O) groups excluding carboxylic acids is 1. The first kappa shape index (κ1) is 12.4. The van der Waals surface area contributed by atoms with Gasteiger partial charge in [-0.25, -0.2) is 0 Å². The van der Waals surface area contributed by atoms with Crippen molar-refractivity contribution in [2.45, 2.75) is 13.0 Å². The van der Waals surface area contributed by atoms with Crippen LogP contribution in [0.1, 0.15) is 28.9 Å². The highest BCUT2D eigenvalue weighted by Gasteiger charge is 2.14. The molecular formula is C16H15N3O. The van der Waals surface area contributed by atoms with Gasteiger partial charge in [-0.2, -0.15) is 5.10 Å². The molecule has 3 aromatic rings. The fourth-order valence-corrected chi connectivity index (χ4v) is 2.26. The summed E-state index contributed by atoms with van der Waals surface area (Å²) in [5.74, 6) is -0.101. The predicted octanol–water partition coefficient (Wildman–Crippen LogP) is 3.05. The lowest BCUT2D eigenvalue weighted by atomic mass is 10.1. The van der Waals surface area contributed by atoms with Crippen molar-refractivity contribution >= 4 is 16.8 Å². The van der Waals surface area contributed by atoms with Gasteiger partial charge in [0.1, 0.15) is 0 Å². The van der Waals surface area contributed by atoms with Gasteiger partial charge in [0, 0.05) is 5.39 Å². The summed E-state index contributed by atoms with van der Waals surface area (Å²) in [4.78, 5) is 12.4.